The molecule has 1 aliphatic rings. The molecule has 1 aromatic carbocycles. The van der Waals surface area contributed by atoms with E-state index in [1.54, 1.807) is 6.20 Å². The highest BCUT2D eigenvalue weighted by atomic mass is 32.2. The van der Waals surface area contributed by atoms with Crippen molar-refractivity contribution >= 4 is 34.7 Å². The Morgan fingerprint density at radius 2 is 2.12 bits per heavy atom. The number of nitrogens with zero attached hydrogens (tertiary/aromatic N) is 5. The predicted octanol–water partition coefficient (Wildman–Crippen LogP) is 2.84. The van der Waals surface area contributed by atoms with Crippen LogP contribution >= 0.6 is 11.8 Å². The number of aryl methyl sites for hydroxylation is 1. The number of nitrogen functional groups attached to an aromatic ring is 1. The van der Waals surface area contributed by atoms with E-state index in [0.29, 0.717) is 53.1 Å². The van der Waals surface area contributed by atoms with Crippen LogP contribution in [0.25, 0.3) is 22.4 Å². The number of imidazole rings is 1. The fourth-order valence-electron chi connectivity index (χ4n) is 3.59. The van der Waals surface area contributed by atoms with E-state index in [-0.39, 0.29) is 18.6 Å². The molecule has 4 N–H and O–H groups in total. The van der Waals surface area contributed by atoms with Crippen LogP contribution in [-0.2, 0) is 11.3 Å². The first-order valence-electron chi connectivity index (χ1n) is 10.9. The number of aromatic nitrogens is 6. The zero-order valence-corrected chi connectivity index (χ0v) is 19.6. The number of fused-ring (bicyclic) bond motifs is 2. The molecular weight excluding hydrogens is 456 g/mol. The van der Waals surface area contributed by atoms with Gasteiger partial charge in [-0.3, -0.25) is 9.89 Å². The average molecular weight is 481 g/mol. The largest absolute Gasteiger partial charge is 0.454 e. The third-order valence-electron chi connectivity index (χ3n) is 5.37. The summed E-state index contributed by atoms with van der Waals surface area (Å²) in [6, 6.07) is 5.76. The zero-order valence-electron chi connectivity index (χ0n) is 18.7. The molecule has 12 heteroatoms. The number of H-pyrrole nitrogens is 1. The molecule has 0 aliphatic carbocycles. The number of anilines is 1. The summed E-state index contributed by atoms with van der Waals surface area (Å²) < 4.78 is 13.2. The Morgan fingerprint density at radius 1 is 1.29 bits per heavy atom. The van der Waals surface area contributed by atoms with Crippen molar-refractivity contribution in [2.45, 2.75) is 36.9 Å². The summed E-state index contributed by atoms with van der Waals surface area (Å²) in [6.45, 7) is 5.06. The number of rotatable bonds is 8. The molecule has 0 saturated heterocycles. The van der Waals surface area contributed by atoms with Crippen molar-refractivity contribution in [2.24, 2.45) is 5.92 Å². The molecule has 11 nitrogen and oxygen atoms in total. The highest BCUT2D eigenvalue weighted by Crippen LogP contribution is 2.44. The number of benzene rings is 1. The number of carbonyl (C=O) groups is 1. The van der Waals surface area contributed by atoms with Crippen LogP contribution in [-0.4, -0.2) is 49.0 Å². The minimum absolute atomic E-state index is 0.0289. The molecule has 0 spiro atoms. The molecule has 1 amide bonds. The molecule has 1 aliphatic heterocycles. The number of carbonyl (C=O) groups excluding carboxylic acids is 1. The minimum atomic E-state index is -0.0559. The summed E-state index contributed by atoms with van der Waals surface area (Å²) in [4.78, 5) is 26.1. The van der Waals surface area contributed by atoms with E-state index in [1.807, 2.05) is 36.6 Å². The Hall–Kier alpha value is -3.80. The van der Waals surface area contributed by atoms with Gasteiger partial charge in [-0.1, -0.05) is 25.6 Å². The molecular formula is C22H24N8O3S. The maximum atomic E-state index is 11.9. The van der Waals surface area contributed by atoms with Crippen LogP contribution in [0, 0.1) is 5.92 Å². The molecule has 0 saturated carbocycles. The molecule has 0 fully saturated rings. The van der Waals surface area contributed by atoms with E-state index in [0.717, 1.165) is 16.2 Å². The molecule has 0 radical (unpaired) electrons. The highest BCUT2D eigenvalue weighted by Gasteiger charge is 2.22. The van der Waals surface area contributed by atoms with Gasteiger partial charge in [0, 0.05) is 35.7 Å². The van der Waals surface area contributed by atoms with E-state index >= 15 is 0 Å². The third-order valence-corrected chi connectivity index (χ3v) is 6.43. The second kappa shape index (κ2) is 9.21. The lowest BCUT2D eigenvalue weighted by molar-refractivity contribution is -0.123. The van der Waals surface area contributed by atoms with Crippen LogP contribution in [0.15, 0.2) is 40.8 Å². The van der Waals surface area contributed by atoms with Crippen LogP contribution in [0.1, 0.15) is 20.3 Å². The Morgan fingerprint density at radius 3 is 2.88 bits per heavy atom. The Bertz CT molecular complexity index is 1340. The number of aromatic amines is 1. The van der Waals surface area contributed by atoms with Crippen LogP contribution in [0.2, 0.25) is 0 Å². The molecule has 0 bridgehead atoms. The maximum Gasteiger partial charge on any atom is 0.231 e. The van der Waals surface area contributed by atoms with Crippen molar-refractivity contribution in [2.75, 3.05) is 19.1 Å². The highest BCUT2D eigenvalue weighted by molar-refractivity contribution is 7.99. The summed E-state index contributed by atoms with van der Waals surface area (Å²) >= 11 is 1.47. The van der Waals surface area contributed by atoms with Crippen molar-refractivity contribution < 1.29 is 14.3 Å². The Balaban J connectivity index is 1.49. The fourth-order valence-corrected chi connectivity index (χ4v) is 4.66. The lowest BCUT2D eigenvalue weighted by Crippen LogP contribution is -2.29. The minimum Gasteiger partial charge on any atom is -0.454 e. The summed E-state index contributed by atoms with van der Waals surface area (Å²) in [5, 5.41) is 10.8. The molecule has 3 aromatic heterocycles. The van der Waals surface area contributed by atoms with Gasteiger partial charge in [-0.15, -0.1) is 0 Å². The summed E-state index contributed by atoms with van der Waals surface area (Å²) in [5.74, 6) is 1.64. The lowest BCUT2D eigenvalue weighted by Gasteiger charge is -2.12. The first-order chi connectivity index (χ1) is 16.5. The topological polar surface area (TPSA) is 146 Å². The molecule has 5 rings (SSSR count). The van der Waals surface area contributed by atoms with Gasteiger partial charge in [-0.25, -0.2) is 15.0 Å². The number of nitrogens with two attached hydrogens (primary N) is 1. The first kappa shape index (κ1) is 22.0. The van der Waals surface area contributed by atoms with Gasteiger partial charge in [-0.2, -0.15) is 5.10 Å². The van der Waals surface area contributed by atoms with Gasteiger partial charge in [0.2, 0.25) is 12.7 Å². The number of nitrogens with one attached hydrogen (secondary N) is 2. The van der Waals surface area contributed by atoms with Gasteiger partial charge in [0.25, 0.3) is 0 Å². The third kappa shape index (κ3) is 4.23. The van der Waals surface area contributed by atoms with Crippen molar-refractivity contribution in [3.63, 3.8) is 0 Å². The van der Waals surface area contributed by atoms with Crippen molar-refractivity contribution in [3.8, 4) is 22.8 Å². The van der Waals surface area contributed by atoms with Crippen LogP contribution in [0.5, 0.6) is 11.5 Å². The quantitative estimate of drug-likeness (QED) is 0.324. The molecule has 34 heavy (non-hydrogen) atoms. The number of ether oxygens (including phenoxy) is 2. The standard InChI is InChI=1S/C22H24N8O3S/c1-12(2)21(31)24-5-3-7-30-20-18(19(23)25-10-26-20)28-22(30)34-17-9-16-15(32-11-33-16)8-13(17)14-4-6-27-29-14/h4,6,8-10,12H,3,5,7,11H2,1-2H3,(H,24,31)(H,27,29)(H2,23,25,26). The van der Waals surface area contributed by atoms with Gasteiger partial charge in [0.15, 0.2) is 33.6 Å². The number of amides is 1. The maximum absolute atomic E-state index is 11.9. The van der Waals surface area contributed by atoms with Gasteiger partial charge in [0.1, 0.15) is 6.33 Å². The van der Waals surface area contributed by atoms with Crippen LogP contribution < -0.4 is 20.5 Å². The van der Waals surface area contributed by atoms with Gasteiger partial charge in [0.05, 0.1) is 5.69 Å². The first-order valence-corrected chi connectivity index (χ1v) is 11.7. The summed E-state index contributed by atoms with van der Waals surface area (Å²) in [7, 11) is 0. The van der Waals surface area contributed by atoms with Gasteiger partial charge in [-0.05, 0) is 24.6 Å². The van der Waals surface area contributed by atoms with E-state index in [2.05, 4.69) is 25.5 Å². The number of hydrogen-bond acceptors (Lipinski definition) is 9. The van der Waals surface area contributed by atoms with Crippen LogP contribution in [0.3, 0.4) is 0 Å². The molecule has 4 heterocycles. The monoisotopic (exact) mass is 480 g/mol. The Kier molecular flexibility index (Phi) is 5.97. The van der Waals surface area contributed by atoms with Crippen molar-refractivity contribution in [1.82, 2.24) is 35.0 Å². The van der Waals surface area contributed by atoms with Crippen molar-refractivity contribution in [3.05, 3.63) is 30.7 Å². The Labute approximate surface area is 199 Å². The van der Waals surface area contributed by atoms with E-state index in [1.165, 1.54) is 18.1 Å². The second-order valence-corrected chi connectivity index (χ2v) is 9.06. The van der Waals surface area contributed by atoms with Gasteiger partial charge >= 0.3 is 0 Å². The fraction of sp³-hybridized carbons (Fsp3) is 0.318. The lowest BCUT2D eigenvalue weighted by atomic mass is 10.1. The molecule has 0 unspecified atom stereocenters. The zero-order chi connectivity index (χ0) is 23.7. The number of hydrogen-bond donors (Lipinski definition) is 3. The summed E-state index contributed by atoms with van der Waals surface area (Å²) in [5.41, 5.74) is 9.04. The average Bonchev–Trinajstić information content (AvgIpc) is 3.57. The predicted molar refractivity (Wildman–Crippen MR) is 126 cm³/mol. The second-order valence-electron chi connectivity index (χ2n) is 8.05. The van der Waals surface area contributed by atoms with Crippen LogP contribution in [0.4, 0.5) is 5.82 Å². The molecule has 0 atom stereocenters. The smallest absolute Gasteiger partial charge is 0.231 e. The van der Waals surface area contributed by atoms with Crippen molar-refractivity contribution in [1.29, 1.82) is 0 Å². The van der Waals surface area contributed by atoms with E-state index < -0.39 is 0 Å². The molecule has 4 aromatic rings. The van der Waals surface area contributed by atoms with E-state index in [9.17, 15) is 4.79 Å². The van der Waals surface area contributed by atoms with Gasteiger partial charge < -0.3 is 25.1 Å². The SMILES string of the molecule is CC(C)C(=O)NCCCn1c(Sc2cc3c(cc2-c2ccn[nH]2)OCO3)nc2c(N)ncnc21. The normalized spacial score (nSPS) is 12.6. The summed E-state index contributed by atoms with van der Waals surface area (Å²) in [6.07, 6.45) is 3.84. The van der Waals surface area contributed by atoms with E-state index in [4.69, 9.17) is 20.2 Å². The molecule has 176 valence electrons.